The van der Waals surface area contributed by atoms with Crippen molar-refractivity contribution in [2.24, 2.45) is 0 Å². The van der Waals surface area contributed by atoms with Crippen LogP contribution in [0.15, 0.2) is 27.6 Å². The van der Waals surface area contributed by atoms with Crippen LogP contribution in [0.2, 0.25) is 0 Å². The van der Waals surface area contributed by atoms with Gasteiger partial charge < -0.3 is 14.6 Å². The number of rotatable bonds is 7. The van der Waals surface area contributed by atoms with Crippen molar-refractivity contribution in [1.82, 2.24) is 4.90 Å². The lowest BCUT2D eigenvalue weighted by Gasteiger charge is -2.19. The first-order chi connectivity index (χ1) is 12.7. The lowest BCUT2D eigenvalue weighted by atomic mass is 10.2. The number of hydrogen-bond acceptors (Lipinski definition) is 7. The van der Waals surface area contributed by atoms with Crippen LogP contribution in [0.25, 0.3) is 6.08 Å². The lowest BCUT2D eigenvalue weighted by Crippen LogP contribution is -2.42. The molecule has 10 heteroatoms. The van der Waals surface area contributed by atoms with Gasteiger partial charge >= 0.3 is 11.9 Å². The van der Waals surface area contributed by atoms with Gasteiger partial charge in [0, 0.05) is 0 Å². The number of esters is 1. The number of imide groups is 1. The summed E-state index contributed by atoms with van der Waals surface area (Å²) in [6.45, 7) is 2.74. The molecule has 0 aliphatic carbocycles. The summed E-state index contributed by atoms with van der Waals surface area (Å²) < 4.78 is 10.5. The third-order valence-electron chi connectivity index (χ3n) is 3.44. The van der Waals surface area contributed by atoms with Gasteiger partial charge in [0.2, 0.25) is 0 Å². The van der Waals surface area contributed by atoms with Crippen LogP contribution in [-0.2, 0) is 19.1 Å². The number of aliphatic carboxylic acids is 1. The summed E-state index contributed by atoms with van der Waals surface area (Å²) in [6.07, 6.45) is 1.51. The van der Waals surface area contributed by atoms with Gasteiger partial charge in [0.05, 0.1) is 16.0 Å². The predicted octanol–water partition coefficient (Wildman–Crippen LogP) is 2.90. The van der Waals surface area contributed by atoms with E-state index in [9.17, 15) is 19.2 Å². The molecule has 144 valence electrons. The summed E-state index contributed by atoms with van der Waals surface area (Å²) in [7, 11) is 0. The zero-order valence-electron chi connectivity index (χ0n) is 14.4. The molecule has 1 atom stereocenters. The van der Waals surface area contributed by atoms with Gasteiger partial charge in [0.15, 0.2) is 6.61 Å². The van der Waals surface area contributed by atoms with Crippen LogP contribution in [0.3, 0.4) is 0 Å². The highest BCUT2D eigenvalue weighted by molar-refractivity contribution is 9.10. The summed E-state index contributed by atoms with van der Waals surface area (Å²) in [5, 5.41) is 8.10. The Labute approximate surface area is 167 Å². The molecule has 27 heavy (non-hydrogen) atoms. The van der Waals surface area contributed by atoms with Crippen molar-refractivity contribution in [2.45, 2.75) is 19.9 Å². The van der Waals surface area contributed by atoms with E-state index >= 15 is 0 Å². The van der Waals surface area contributed by atoms with Crippen LogP contribution in [0.1, 0.15) is 19.4 Å². The van der Waals surface area contributed by atoms with Crippen molar-refractivity contribution in [3.05, 3.63) is 33.1 Å². The second kappa shape index (κ2) is 9.05. The number of carboxylic acids is 1. The van der Waals surface area contributed by atoms with Crippen molar-refractivity contribution in [1.29, 1.82) is 0 Å². The molecule has 1 fully saturated rings. The molecule has 0 saturated carbocycles. The van der Waals surface area contributed by atoms with Crippen LogP contribution >= 0.6 is 27.7 Å². The average molecular weight is 458 g/mol. The van der Waals surface area contributed by atoms with Crippen LogP contribution < -0.4 is 4.74 Å². The van der Waals surface area contributed by atoms with Crippen LogP contribution in [0.4, 0.5) is 4.79 Å². The Kier molecular flexibility index (Phi) is 7.03. The minimum absolute atomic E-state index is 0.152. The van der Waals surface area contributed by atoms with Gasteiger partial charge in [-0.25, -0.2) is 9.59 Å². The quantitative estimate of drug-likeness (QED) is 0.491. The first-order valence-electron chi connectivity index (χ1n) is 7.82. The second-order valence-electron chi connectivity index (χ2n) is 5.35. The van der Waals surface area contributed by atoms with Crippen molar-refractivity contribution in [3.8, 4) is 5.75 Å². The molecule has 0 unspecified atom stereocenters. The molecule has 1 saturated heterocycles. The Balaban J connectivity index is 2.18. The first kappa shape index (κ1) is 21.0. The van der Waals surface area contributed by atoms with Crippen molar-refractivity contribution >= 4 is 56.9 Å². The summed E-state index contributed by atoms with van der Waals surface area (Å²) >= 11 is 4.00. The zero-order valence-corrected chi connectivity index (χ0v) is 16.8. The van der Waals surface area contributed by atoms with Gasteiger partial charge in [-0.15, -0.1) is 0 Å². The molecular formula is C17H16BrNO7S. The van der Waals surface area contributed by atoms with E-state index in [4.69, 9.17) is 14.6 Å². The molecule has 0 spiro atoms. The summed E-state index contributed by atoms with van der Waals surface area (Å²) in [5.74, 6) is -1.99. The number of nitrogens with zero attached hydrogens (tertiary/aromatic N) is 1. The molecule has 2 amide bonds. The maximum Gasteiger partial charge on any atom is 0.341 e. The minimum Gasteiger partial charge on any atom is -0.481 e. The van der Waals surface area contributed by atoms with Crippen LogP contribution in [0.5, 0.6) is 5.75 Å². The number of carbonyl (C=O) groups is 4. The van der Waals surface area contributed by atoms with Gasteiger partial charge in [0.25, 0.3) is 11.1 Å². The molecule has 1 aromatic rings. The van der Waals surface area contributed by atoms with Crippen molar-refractivity contribution in [2.75, 3.05) is 13.2 Å². The number of thioether (sulfide) groups is 1. The Morgan fingerprint density at radius 1 is 1.37 bits per heavy atom. The van der Waals surface area contributed by atoms with E-state index in [0.717, 1.165) is 16.7 Å². The second-order valence-corrected chi connectivity index (χ2v) is 7.20. The summed E-state index contributed by atoms with van der Waals surface area (Å²) in [6, 6.07) is 3.77. The summed E-state index contributed by atoms with van der Waals surface area (Å²) in [4.78, 5) is 48.1. The maximum absolute atomic E-state index is 12.5. The number of benzene rings is 1. The van der Waals surface area contributed by atoms with Crippen LogP contribution in [0, 0.1) is 0 Å². The van der Waals surface area contributed by atoms with Crippen molar-refractivity contribution in [3.63, 3.8) is 0 Å². The van der Waals surface area contributed by atoms with E-state index in [0.29, 0.717) is 15.8 Å². The van der Waals surface area contributed by atoms with Gasteiger partial charge in [-0.3, -0.25) is 14.5 Å². The topological polar surface area (TPSA) is 110 Å². The third-order valence-corrected chi connectivity index (χ3v) is 4.95. The van der Waals surface area contributed by atoms with Gasteiger partial charge in [-0.2, -0.15) is 0 Å². The van der Waals surface area contributed by atoms with E-state index in [1.165, 1.54) is 13.0 Å². The SMILES string of the molecule is CCOC(=O)[C@H](C)N1C(=O)S/C(=C/c2ccc(OCC(=O)O)c(Br)c2)C1=O. The highest BCUT2D eigenvalue weighted by atomic mass is 79.9. The van der Waals surface area contributed by atoms with E-state index in [1.54, 1.807) is 25.1 Å². The Morgan fingerprint density at radius 3 is 2.67 bits per heavy atom. The number of halogens is 1. The van der Waals surface area contributed by atoms with E-state index in [2.05, 4.69) is 15.9 Å². The molecule has 2 rings (SSSR count). The molecule has 1 aliphatic heterocycles. The van der Waals surface area contributed by atoms with Gasteiger partial charge in [-0.1, -0.05) is 6.07 Å². The third kappa shape index (κ3) is 5.10. The molecule has 1 aromatic carbocycles. The smallest absolute Gasteiger partial charge is 0.341 e. The molecule has 0 bridgehead atoms. The number of carbonyl (C=O) groups excluding carboxylic acids is 3. The number of ether oxygens (including phenoxy) is 2. The monoisotopic (exact) mass is 457 g/mol. The Morgan fingerprint density at radius 2 is 2.07 bits per heavy atom. The highest BCUT2D eigenvalue weighted by Gasteiger charge is 2.41. The predicted molar refractivity (Wildman–Crippen MR) is 101 cm³/mol. The standard InChI is InChI=1S/C17H16BrNO7S/c1-3-25-16(23)9(2)19-15(22)13(27-17(19)24)7-10-4-5-12(11(18)6-10)26-8-14(20)21/h4-7,9H,3,8H2,1-2H3,(H,20,21)/b13-7+/t9-/m0/s1. The molecule has 1 aliphatic rings. The fourth-order valence-electron chi connectivity index (χ4n) is 2.20. The fourth-order valence-corrected chi connectivity index (χ4v) is 3.62. The Bertz CT molecular complexity index is 823. The van der Waals surface area contributed by atoms with E-state index in [1.807, 2.05) is 0 Å². The normalized spacial score (nSPS) is 16.6. The van der Waals surface area contributed by atoms with Gasteiger partial charge in [0.1, 0.15) is 11.8 Å². The zero-order chi connectivity index (χ0) is 20.1. The highest BCUT2D eigenvalue weighted by Crippen LogP contribution is 2.35. The van der Waals surface area contributed by atoms with Crippen LogP contribution in [-0.4, -0.2) is 52.3 Å². The molecule has 8 nitrogen and oxygen atoms in total. The maximum atomic E-state index is 12.5. The van der Waals surface area contributed by atoms with E-state index in [-0.39, 0.29) is 11.5 Å². The number of carboxylic acid groups (broad SMARTS) is 1. The average Bonchev–Trinajstić information content (AvgIpc) is 2.87. The fraction of sp³-hybridized carbons (Fsp3) is 0.294. The molecule has 0 aromatic heterocycles. The number of amides is 2. The number of hydrogen-bond donors (Lipinski definition) is 1. The van der Waals surface area contributed by atoms with Gasteiger partial charge in [-0.05, 0) is 65.3 Å². The molecular weight excluding hydrogens is 442 g/mol. The Hall–Kier alpha value is -2.33. The summed E-state index contributed by atoms with van der Waals surface area (Å²) in [5.41, 5.74) is 0.596. The molecule has 0 radical (unpaired) electrons. The lowest BCUT2D eigenvalue weighted by molar-refractivity contribution is -0.150. The molecule has 1 heterocycles. The largest absolute Gasteiger partial charge is 0.481 e. The minimum atomic E-state index is -1.10. The first-order valence-corrected chi connectivity index (χ1v) is 9.43. The molecule has 1 N–H and O–H groups in total. The van der Waals surface area contributed by atoms with E-state index < -0.39 is 35.7 Å². The van der Waals surface area contributed by atoms with Crippen molar-refractivity contribution < 1.29 is 33.8 Å².